The SMILES string of the molecule is Cc1[nH]cnc1CN1C=CN(C(=O)N[C@@H](CC(C)C)C(=O)O)[C@@H](Cc2ccccc2)C1=O. The van der Waals surface area contributed by atoms with Crippen LogP contribution in [-0.4, -0.2) is 54.9 Å². The Hall–Kier alpha value is -3.62. The number of aromatic amines is 1. The lowest BCUT2D eigenvalue weighted by molar-refractivity contribution is -0.139. The van der Waals surface area contributed by atoms with Gasteiger partial charge in [-0.15, -0.1) is 0 Å². The lowest BCUT2D eigenvalue weighted by atomic mass is 10.0. The van der Waals surface area contributed by atoms with E-state index in [0.717, 1.165) is 17.0 Å². The van der Waals surface area contributed by atoms with E-state index in [1.165, 1.54) is 22.2 Å². The Kier molecular flexibility index (Phi) is 7.29. The third kappa shape index (κ3) is 5.54. The molecule has 2 heterocycles. The van der Waals surface area contributed by atoms with E-state index in [1.54, 1.807) is 6.33 Å². The number of carbonyl (C=O) groups is 3. The van der Waals surface area contributed by atoms with Crippen molar-refractivity contribution >= 4 is 17.9 Å². The van der Waals surface area contributed by atoms with Gasteiger partial charge in [0.1, 0.15) is 12.1 Å². The van der Waals surface area contributed by atoms with Crippen molar-refractivity contribution in [1.82, 2.24) is 25.1 Å². The first-order valence-corrected chi connectivity index (χ1v) is 10.6. The van der Waals surface area contributed by atoms with Crippen LogP contribution >= 0.6 is 0 Å². The van der Waals surface area contributed by atoms with E-state index < -0.39 is 24.1 Å². The van der Waals surface area contributed by atoms with Crippen LogP contribution in [0, 0.1) is 12.8 Å². The number of imidazole rings is 1. The minimum Gasteiger partial charge on any atom is -0.480 e. The van der Waals surface area contributed by atoms with Crippen LogP contribution in [0.5, 0.6) is 0 Å². The smallest absolute Gasteiger partial charge is 0.326 e. The Morgan fingerprint density at radius 3 is 2.53 bits per heavy atom. The van der Waals surface area contributed by atoms with Crippen LogP contribution in [0.25, 0.3) is 0 Å². The number of hydrogen-bond donors (Lipinski definition) is 3. The summed E-state index contributed by atoms with van der Waals surface area (Å²) in [6, 6.07) is 6.95. The number of carboxylic acids is 1. The zero-order valence-electron chi connectivity index (χ0n) is 18.5. The van der Waals surface area contributed by atoms with Crippen molar-refractivity contribution in [3.05, 3.63) is 66.0 Å². The van der Waals surface area contributed by atoms with Gasteiger partial charge in [-0.25, -0.2) is 14.6 Å². The molecule has 0 spiro atoms. The van der Waals surface area contributed by atoms with Gasteiger partial charge in [-0.1, -0.05) is 44.2 Å². The monoisotopic (exact) mass is 439 g/mol. The highest BCUT2D eigenvalue weighted by Crippen LogP contribution is 2.20. The summed E-state index contributed by atoms with van der Waals surface area (Å²) in [4.78, 5) is 48.1. The third-order valence-corrected chi connectivity index (χ3v) is 5.37. The molecule has 1 aromatic carbocycles. The Morgan fingerprint density at radius 2 is 1.94 bits per heavy atom. The van der Waals surface area contributed by atoms with E-state index in [2.05, 4.69) is 15.3 Å². The highest BCUT2D eigenvalue weighted by Gasteiger charge is 2.36. The van der Waals surface area contributed by atoms with Crippen molar-refractivity contribution < 1.29 is 19.5 Å². The van der Waals surface area contributed by atoms with Crippen LogP contribution in [0.2, 0.25) is 0 Å². The minimum atomic E-state index is -1.10. The lowest BCUT2D eigenvalue weighted by Crippen LogP contribution is -2.56. The second kappa shape index (κ2) is 10.1. The fourth-order valence-corrected chi connectivity index (χ4v) is 3.63. The van der Waals surface area contributed by atoms with Crippen molar-refractivity contribution in [2.75, 3.05) is 0 Å². The van der Waals surface area contributed by atoms with E-state index in [-0.39, 0.29) is 18.4 Å². The van der Waals surface area contributed by atoms with Gasteiger partial charge in [0.15, 0.2) is 0 Å². The largest absolute Gasteiger partial charge is 0.480 e. The summed E-state index contributed by atoms with van der Waals surface area (Å²) in [6.45, 7) is 5.93. The predicted octanol–water partition coefficient (Wildman–Crippen LogP) is 2.65. The molecule has 3 N–H and O–H groups in total. The Bertz CT molecular complexity index is 985. The molecule has 2 aromatic rings. The molecular formula is C23H29N5O4. The van der Waals surface area contributed by atoms with Crippen molar-refractivity contribution in [2.24, 2.45) is 5.92 Å². The number of aliphatic carboxylic acids is 1. The molecule has 0 saturated heterocycles. The molecule has 0 fully saturated rings. The molecule has 32 heavy (non-hydrogen) atoms. The number of hydrogen-bond acceptors (Lipinski definition) is 4. The molecule has 0 aliphatic carbocycles. The van der Waals surface area contributed by atoms with Crippen LogP contribution in [0.1, 0.15) is 37.2 Å². The van der Waals surface area contributed by atoms with E-state index >= 15 is 0 Å². The van der Waals surface area contributed by atoms with Crippen molar-refractivity contribution in [3.63, 3.8) is 0 Å². The normalized spacial score (nSPS) is 17.0. The third-order valence-electron chi connectivity index (χ3n) is 5.37. The highest BCUT2D eigenvalue weighted by molar-refractivity contribution is 5.91. The second-order valence-electron chi connectivity index (χ2n) is 8.32. The number of aromatic nitrogens is 2. The summed E-state index contributed by atoms with van der Waals surface area (Å²) in [5.74, 6) is -1.28. The zero-order valence-corrected chi connectivity index (χ0v) is 18.5. The number of aryl methyl sites for hydroxylation is 1. The molecule has 3 rings (SSSR count). The lowest BCUT2D eigenvalue weighted by Gasteiger charge is -2.36. The summed E-state index contributed by atoms with van der Waals surface area (Å²) >= 11 is 0. The Labute approximate surface area is 187 Å². The summed E-state index contributed by atoms with van der Waals surface area (Å²) in [6.07, 6.45) is 5.23. The maximum absolute atomic E-state index is 13.4. The summed E-state index contributed by atoms with van der Waals surface area (Å²) in [7, 11) is 0. The fourth-order valence-electron chi connectivity index (χ4n) is 3.63. The number of benzene rings is 1. The van der Waals surface area contributed by atoms with Gasteiger partial charge in [-0.05, 0) is 24.8 Å². The minimum absolute atomic E-state index is 0.0858. The molecule has 1 aromatic heterocycles. The molecule has 1 aliphatic rings. The number of H-pyrrole nitrogens is 1. The molecule has 1 aliphatic heterocycles. The number of nitrogens with one attached hydrogen (secondary N) is 2. The maximum atomic E-state index is 13.4. The van der Waals surface area contributed by atoms with Crippen LogP contribution in [0.15, 0.2) is 49.1 Å². The van der Waals surface area contributed by atoms with Crippen molar-refractivity contribution in [2.45, 2.75) is 52.2 Å². The molecule has 0 saturated carbocycles. The Morgan fingerprint density at radius 1 is 1.22 bits per heavy atom. The zero-order chi connectivity index (χ0) is 23.3. The van der Waals surface area contributed by atoms with Gasteiger partial charge in [-0.3, -0.25) is 9.69 Å². The number of carbonyl (C=O) groups excluding carboxylic acids is 2. The van der Waals surface area contributed by atoms with Gasteiger partial charge >= 0.3 is 12.0 Å². The first kappa shape index (κ1) is 23.1. The average molecular weight is 440 g/mol. The van der Waals surface area contributed by atoms with E-state index in [9.17, 15) is 19.5 Å². The topological polar surface area (TPSA) is 119 Å². The van der Waals surface area contributed by atoms with Gasteiger partial charge in [0.25, 0.3) is 5.91 Å². The number of amides is 3. The quantitative estimate of drug-likeness (QED) is 0.584. The molecule has 0 unspecified atom stereocenters. The molecule has 170 valence electrons. The van der Waals surface area contributed by atoms with Crippen LogP contribution in [-0.2, 0) is 22.6 Å². The van der Waals surface area contributed by atoms with Crippen molar-refractivity contribution in [3.8, 4) is 0 Å². The molecule has 2 atom stereocenters. The van der Waals surface area contributed by atoms with Crippen molar-refractivity contribution in [1.29, 1.82) is 0 Å². The maximum Gasteiger partial charge on any atom is 0.326 e. The standard InChI is InChI=1S/C23H29N5O4/c1-15(2)11-18(22(30)31)26-23(32)28-10-9-27(13-19-16(3)24-14-25-19)21(29)20(28)12-17-7-5-4-6-8-17/h4-10,14-15,18,20H,11-13H2,1-3H3,(H,24,25)(H,26,32)(H,30,31)/t18-,20-/m0/s1. The van der Waals surface area contributed by atoms with E-state index in [1.807, 2.05) is 51.1 Å². The molecule has 9 nitrogen and oxygen atoms in total. The summed E-state index contributed by atoms with van der Waals surface area (Å²) in [5, 5.41) is 12.1. The first-order chi connectivity index (χ1) is 15.3. The first-order valence-electron chi connectivity index (χ1n) is 10.6. The number of urea groups is 1. The van der Waals surface area contributed by atoms with Gasteiger partial charge in [0.05, 0.1) is 18.6 Å². The predicted molar refractivity (Wildman–Crippen MR) is 118 cm³/mol. The van der Waals surface area contributed by atoms with Gasteiger partial charge < -0.3 is 20.3 Å². The molecule has 3 amide bonds. The molecule has 9 heteroatoms. The molecule has 0 radical (unpaired) electrons. The summed E-state index contributed by atoms with van der Waals surface area (Å²) < 4.78 is 0. The Balaban J connectivity index is 1.85. The highest BCUT2D eigenvalue weighted by atomic mass is 16.4. The molecular weight excluding hydrogens is 410 g/mol. The van der Waals surface area contributed by atoms with Crippen LogP contribution in [0.3, 0.4) is 0 Å². The van der Waals surface area contributed by atoms with E-state index in [0.29, 0.717) is 12.8 Å². The number of rotatable bonds is 8. The fraction of sp³-hybridized carbons (Fsp3) is 0.391. The average Bonchev–Trinajstić information content (AvgIpc) is 3.15. The van der Waals surface area contributed by atoms with Crippen LogP contribution in [0.4, 0.5) is 4.79 Å². The van der Waals surface area contributed by atoms with Gasteiger partial charge in [0, 0.05) is 24.5 Å². The molecule has 0 bridgehead atoms. The van der Waals surface area contributed by atoms with E-state index in [4.69, 9.17) is 0 Å². The number of carboxylic acid groups (broad SMARTS) is 1. The summed E-state index contributed by atoms with van der Waals surface area (Å²) in [5.41, 5.74) is 2.50. The van der Waals surface area contributed by atoms with Gasteiger partial charge in [-0.2, -0.15) is 0 Å². The van der Waals surface area contributed by atoms with Gasteiger partial charge in [0.2, 0.25) is 0 Å². The van der Waals surface area contributed by atoms with Crippen LogP contribution < -0.4 is 5.32 Å². The number of nitrogens with zero attached hydrogens (tertiary/aromatic N) is 3. The second-order valence-corrected chi connectivity index (χ2v) is 8.32.